The molecule has 0 amide bonds. The standard InChI is InChI=1S/C13H20/c1-2-4-6-8-10-12-13-11-9-7-5-3-1/h1-2,5,7-8,10H,3-4,6,9,11-13H2/b2-1+,7-5?,10-8+. The van der Waals surface area contributed by atoms with E-state index >= 15 is 0 Å². The Hall–Kier alpha value is -0.780. The van der Waals surface area contributed by atoms with E-state index in [1.54, 1.807) is 0 Å². The van der Waals surface area contributed by atoms with Crippen LogP contribution >= 0.6 is 0 Å². The summed E-state index contributed by atoms with van der Waals surface area (Å²) in [6.45, 7) is 0. The Morgan fingerprint density at radius 2 is 0.923 bits per heavy atom. The summed E-state index contributed by atoms with van der Waals surface area (Å²) in [6, 6.07) is 0. The maximum Gasteiger partial charge on any atom is -0.0169 e. The van der Waals surface area contributed by atoms with Crippen LogP contribution in [0, 0.1) is 0 Å². The van der Waals surface area contributed by atoms with Crippen LogP contribution in [0.15, 0.2) is 36.5 Å². The predicted octanol–water partition coefficient (Wildman–Crippen LogP) is 4.40. The summed E-state index contributed by atoms with van der Waals surface area (Å²) in [7, 11) is 0. The van der Waals surface area contributed by atoms with Crippen LogP contribution in [0.2, 0.25) is 0 Å². The van der Waals surface area contributed by atoms with Crippen molar-refractivity contribution in [3.63, 3.8) is 0 Å². The minimum Gasteiger partial charge on any atom is -0.0885 e. The van der Waals surface area contributed by atoms with E-state index in [1.807, 2.05) is 0 Å². The van der Waals surface area contributed by atoms with E-state index in [9.17, 15) is 0 Å². The predicted molar refractivity (Wildman–Crippen MR) is 59.7 cm³/mol. The minimum atomic E-state index is 1.11. The molecule has 0 aromatic rings. The van der Waals surface area contributed by atoms with Crippen molar-refractivity contribution in [3.8, 4) is 0 Å². The van der Waals surface area contributed by atoms with Gasteiger partial charge in [0.15, 0.2) is 0 Å². The molecule has 1 aliphatic carbocycles. The van der Waals surface area contributed by atoms with Gasteiger partial charge in [0.2, 0.25) is 0 Å². The second-order valence-corrected chi connectivity index (χ2v) is 3.51. The van der Waals surface area contributed by atoms with Gasteiger partial charge in [-0.1, -0.05) is 36.5 Å². The van der Waals surface area contributed by atoms with Gasteiger partial charge in [-0.15, -0.1) is 0 Å². The molecular weight excluding hydrogens is 156 g/mol. The summed E-state index contributed by atoms with van der Waals surface area (Å²) in [5.41, 5.74) is 0. The number of rotatable bonds is 0. The lowest BCUT2D eigenvalue weighted by Gasteiger charge is -1.92. The molecule has 0 fully saturated rings. The summed E-state index contributed by atoms with van der Waals surface area (Å²) in [5, 5.41) is 0. The molecular formula is C13H20. The van der Waals surface area contributed by atoms with Crippen LogP contribution in [0.25, 0.3) is 0 Å². The first kappa shape index (κ1) is 10.3. The smallest absolute Gasteiger partial charge is 0.0169 e. The molecule has 0 aromatic heterocycles. The zero-order chi connectivity index (χ0) is 9.19. The van der Waals surface area contributed by atoms with E-state index in [0.717, 1.165) is 6.42 Å². The Morgan fingerprint density at radius 3 is 1.62 bits per heavy atom. The number of allylic oxidation sites excluding steroid dienone is 6. The van der Waals surface area contributed by atoms with Crippen LogP contribution in [0.3, 0.4) is 0 Å². The zero-order valence-corrected chi connectivity index (χ0v) is 8.41. The fourth-order valence-electron chi connectivity index (χ4n) is 1.46. The first-order valence-electron chi connectivity index (χ1n) is 5.45. The molecule has 13 heavy (non-hydrogen) atoms. The maximum absolute atomic E-state index is 2.33. The average Bonchev–Trinajstić information content (AvgIpc) is 2.18. The largest absolute Gasteiger partial charge is 0.0885 e. The Morgan fingerprint density at radius 1 is 0.462 bits per heavy atom. The Kier molecular flexibility index (Phi) is 6.22. The van der Waals surface area contributed by atoms with Gasteiger partial charge in [-0.3, -0.25) is 0 Å². The maximum atomic E-state index is 2.33. The summed E-state index contributed by atoms with van der Waals surface area (Å²) in [5.74, 6) is 0. The normalized spacial score (nSPS) is 25.2. The van der Waals surface area contributed by atoms with Crippen LogP contribution in [0.1, 0.15) is 44.9 Å². The molecule has 0 radical (unpaired) electrons. The second-order valence-electron chi connectivity index (χ2n) is 3.51. The topological polar surface area (TPSA) is 0 Å². The lowest BCUT2D eigenvalue weighted by Crippen LogP contribution is -1.72. The van der Waals surface area contributed by atoms with Crippen molar-refractivity contribution in [3.05, 3.63) is 36.5 Å². The molecule has 0 spiro atoms. The van der Waals surface area contributed by atoms with Crippen molar-refractivity contribution in [2.24, 2.45) is 0 Å². The highest BCUT2D eigenvalue weighted by Gasteiger charge is 1.84. The Bertz CT molecular complexity index is 184. The highest BCUT2D eigenvalue weighted by atomic mass is 13.9. The SMILES string of the molecule is C1=CCCCC/C=C/CC/C=C/C1. The third-order valence-electron chi connectivity index (χ3n) is 2.26. The quantitative estimate of drug-likeness (QED) is 0.480. The van der Waals surface area contributed by atoms with Crippen molar-refractivity contribution in [1.29, 1.82) is 0 Å². The molecule has 0 heteroatoms. The van der Waals surface area contributed by atoms with Gasteiger partial charge in [0, 0.05) is 0 Å². The molecule has 0 nitrogen and oxygen atoms in total. The molecule has 0 aromatic carbocycles. The van der Waals surface area contributed by atoms with Crippen LogP contribution in [-0.2, 0) is 0 Å². The first-order chi connectivity index (χ1) is 6.50. The summed E-state index contributed by atoms with van der Waals surface area (Å²) in [4.78, 5) is 0. The lowest BCUT2D eigenvalue weighted by atomic mass is 10.1. The van der Waals surface area contributed by atoms with E-state index in [2.05, 4.69) is 36.5 Å². The molecule has 0 bridgehead atoms. The molecule has 0 atom stereocenters. The third kappa shape index (κ3) is 6.39. The molecule has 0 saturated heterocycles. The lowest BCUT2D eigenvalue weighted by molar-refractivity contribution is 0.759. The Labute approximate surface area is 82.0 Å². The van der Waals surface area contributed by atoms with Crippen LogP contribution < -0.4 is 0 Å². The molecule has 0 N–H and O–H groups in total. The van der Waals surface area contributed by atoms with Crippen molar-refractivity contribution in [1.82, 2.24) is 0 Å². The molecule has 1 aliphatic rings. The molecule has 0 saturated carbocycles. The van der Waals surface area contributed by atoms with Gasteiger partial charge in [-0.25, -0.2) is 0 Å². The van der Waals surface area contributed by atoms with Crippen LogP contribution in [-0.4, -0.2) is 0 Å². The fraction of sp³-hybridized carbons (Fsp3) is 0.538. The fourth-order valence-corrected chi connectivity index (χ4v) is 1.46. The van der Waals surface area contributed by atoms with Crippen molar-refractivity contribution in [2.75, 3.05) is 0 Å². The van der Waals surface area contributed by atoms with E-state index in [0.29, 0.717) is 0 Å². The molecule has 1 rings (SSSR count). The first-order valence-corrected chi connectivity index (χ1v) is 5.45. The molecule has 0 heterocycles. The second kappa shape index (κ2) is 7.85. The number of hydrogen-bond acceptors (Lipinski definition) is 0. The van der Waals surface area contributed by atoms with Gasteiger partial charge < -0.3 is 0 Å². The van der Waals surface area contributed by atoms with Gasteiger partial charge in [0.05, 0.1) is 0 Å². The number of hydrogen-bond donors (Lipinski definition) is 0. The van der Waals surface area contributed by atoms with Gasteiger partial charge in [0.1, 0.15) is 0 Å². The van der Waals surface area contributed by atoms with E-state index < -0.39 is 0 Å². The highest BCUT2D eigenvalue weighted by Crippen LogP contribution is 2.04. The van der Waals surface area contributed by atoms with Crippen LogP contribution in [0.5, 0.6) is 0 Å². The van der Waals surface area contributed by atoms with Crippen molar-refractivity contribution < 1.29 is 0 Å². The summed E-state index contributed by atoms with van der Waals surface area (Å²) < 4.78 is 0. The zero-order valence-electron chi connectivity index (χ0n) is 8.41. The third-order valence-corrected chi connectivity index (χ3v) is 2.26. The van der Waals surface area contributed by atoms with Crippen LogP contribution in [0.4, 0.5) is 0 Å². The van der Waals surface area contributed by atoms with Crippen molar-refractivity contribution in [2.45, 2.75) is 44.9 Å². The van der Waals surface area contributed by atoms with Gasteiger partial charge in [-0.05, 0) is 44.9 Å². The van der Waals surface area contributed by atoms with Gasteiger partial charge in [0.25, 0.3) is 0 Å². The van der Waals surface area contributed by atoms with Gasteiger partial charge >= 0.3 is 0 Å². The van der Waals surface area contributed by atoms with Crippen molar-refractivity contribution >= 4 is 0 Å². The molecule has 72 valence electrons. The minimum absolute atomic E-state index is 1.11. The summed E-state index contributed by atoms with van der Waals surface area (Å²) in [6.07, 6.45) is 22.5. The Balaban J connectivity index is 2.28. The molecule has 0 aliphatic heterocycles. The molecule has 0 unspecified atom stereocenters. The van der Waals surface area contributed by atoms with E-state index in [-0.39, 0.29) is 0 Å². The summed E-state index contributed by atoms with van der Waals surface area (Å²) >= 11 is 0. The van der Waals surface area contributed by atoms with E-state index in [1.165, 1.54) is 38.5 Å². The average molecular weight is 176 g/mol. The monoisotopic (exact) mass is 176 g/mol. The van der Waals surface area contributed by atoms with E-state index in [4.69, 9.17) is 0 Å². The van der Waals surface area contributed by atoms with Gasteiger partial charge in [-0.2, -0.15) is 0 Å². The highest BCUT2D eigenvalue weighted by molar-refractivity contribution is 4.94.